The number of halogens is 2. The van der Waals surface area contributed by atoms with Crippen LogP contribution in [0.15, 0.2) is 47.5 Å². The molecule has 0 bridgehead atoms. The van der Waals surface area contributed by atoms with Crippen molar-refractivity contribution in [3.63, 3.8) is 0 Å². The topological polar surface area (TPSA) is 77.6 Å². The van der Waals surface area contributed by atoms with Crippen molar-refractivity contribution in [2.75, 3.05) is 52.6 Å². The van der Waals surface area contributed by atoms with Crippen LogP contribution in [0.3, 0.4) is 0 Å². The standard InChI is InChI=1S/C23H23FIN4O4P/c24-19-4-2-1-3-17(19)21-18-15-16(25)5-6-20(18)26-22(33-34-30)23(27-21,28-7-11-31-12-8-28)29-9-13-32-14-10-29/h1-6,15H,7-14H2/p+1. The molecule has 2 fully saturated rings. The minimum Gasteiger partial charge on any atom is -0.381 e. The minimum atomic E-state index is -1.12. The van der Waals surface area contributed by atoms with Crippen molar-refractivity contribution in [3.05, 3.63) is 63.0 Å². The lowest BCUT2D eigenvalue weighted by Crippen LogP contribution is -3.00. The Balaban J connectivity index is 1.83. The molecule has 2 aromatic carbocycles. The number of fused-ring (bicyclic) bond motifs is 1. The van der Waals surface area contributed by atoms with Crippen LogP contribution in [0.1, 0.15) is 11.1 Å². The first-order valence-electron chi connectivity index (χ1n) is 11.1. The summed E-state index contributed by atoms with van der Waals surface area (Å²) in [7, 11) is -0.523. The Morgan fingerprint density at radius 1 is 1.00 bits per heavy atom. The number of nitrogens with one attached hydrogen (secondary N) is 1. The summed E-state index contributed by atoms with van der Waals surface area (Å²) in [6, 6.07) is 12.5. The molecule has 3 aliphatic heterocycles. The van der Waals surface area contributed by atoms with Gasteiger partial charge in [-0.2, -0.15) is 4.99 Å². The summed E-state index contributed by atoms with van der Waals surface area (Å²) in [6.45, 7) is 4.43. The summed E-state index contributed by atoms with van der Waals surface area (Å²) >= 11 is 2.23. The summed E-state index contributed by atoms with van der Waals surface area (Å²) in [4.78, 5) is 12.9. The molecule has 5 rings (SSSR count). The van der Waals surface area contributed by atoms with Crippen molar-refractivity contribution in [2.24, 2.45) is 4.99 Å². The van der Waals surface area contributed by atoms with E-state index in [9.17, 15) is 4.57 Å². The van der Waals surface area contributed by atoms with Crippen LogP contribution in [0, 0.1) is 9.39 Å². The van der Waals surface area contributed by atoms with E-state index in [-0.39, 0.29) is 11.7 Å². The molecule has 34 heavy (non-hydrogen) atoms. The summed E-state index contributed by atoms with van der Waals surface area (Å²) in [5.74, 6) is -1.23. The second kappa shape index (κ2) is 10.4. The van der Waals surface area contributed by atoms with E-state index in [1.54, 1.807) is 12.1 Å². The molecule has 0 aromatic heterocycles. The lowest BCUT2D eigenvalue weighted by atomic mass is 10.00. The van der Waals surface area contributed by atoms with Crippen LogP contribution in [0.4, 0.5) is 10.1 Å². The van der Waals surface area contributed by atoms with Crippen molar-refractivity contribution in [3.8, 4) is 0 Å². The summed E-state index contributed by atoms with van der Waals surface area (Å²) in [5, 5.41) is 0. The van der Waals surface area contributed by atoms with Gasteiger partial charge in [-0.15, -0.1) is 0 Å². The fraction of sp³-hybridized carbons (Fsp3) is 0.391. The fourth-order valence-electron chi connectivity index (χ4n) is 4.69. The highest BCUT2D eigenvalue weighted by molar-refractivity contribution is 14.1. The van der Waals surface area contributed by atoms with Crippen molar-refractivity contribution in [1.29, 1.82) is 0 Å². The molecule has 2 aromatic rings. The third kappa shape index (κ3) is 4.43. The zero-order valence-corrected chi connectivity index (χ0v) is 21.4. The summed E-state index contributed by atoms with van der Waals surface area (Å²) in [5.41, 5.74) is 2.36. The van der Waals surface area contributed by atoms with Gasteiger partial charge in [-0.25, -0.2) is 23.7 Å². The molecule has 0 spiro atoms. The predicted octanol–water partition coefficient (Wildman–Crippen LogP) is 1.93. The smallest absolute Gasteiger partial charge is 0.381 e. The number of nitrogens with zero attached hydrogens (tertiary/aromatic N) is 3. The highest BCUT2D eigenvalue weighted by atomic mass is 127. The van der Waals surface area contributed by atoms with Gasteiger partial charge < -0.3 is 14.0 Å². The molecule has 0 unspecified atom stereocenters. The second-order valence-corrected chi connectivity index (χ2v) is 9.67. The van der Waals surface area contributed by atoms with Gasteiger partial charge in [0.1, 0.15) is 5.82 Å². The first kappa shape index (κ1) is 23.9. The maximum Gasteiger partial charge on any atom is 0.397 e. The molecule has 1 N–H and O–H groups in total. The number of rotatable bonds is 4. The van der Waals surface area contributed by atoms with Gasteiger partial charge in [-0.05, 0) is 52.9 Å². The highest BCUT2D eigenvalue weighted by Gasteiger charge is 2.57. The lowest BCUT2D eigenvalue weighted by Gasteiger charge is -2.44. The first-order valence-corrected chi connectivity index (χ1v) is 12.9. The van der Waals surface area contributed by atoms with Gasteiger partial charge in [0.2, 0.25) is 5.71 Å². The van der Waals surface area contributed by atoms with Crippen molar-refractivity contribution in [1.82, 2.24) is 9.80 Å². The van der Waals surface area contributed by atoms with Gasteiger partial charge in [0.25, 0.3) is 0 Å². The van der Waals surface area contributed by atoms with E-state index in [4.69, 9.17) is 19.0 Å². The highest BCUT2D eigenvalue weighted by Crippen LogP contribution is 2.31. The van der Waals surface area contributed by atoms with E-state index in [1.165, 1.54) is 6.07 Å². The molecule has 0 atom stereocenters. The Kier molecular flexibility index (Phi) is 7.33. The second-order valence-electron chi connectivity index (χ2n) is 8.10. The van der Waals surface area contributed by atoms with Crippen molar-refractivity contribution in [2.45, 2.75) is 5.79 Å². The normalized spacial score (nSPS) is 21.4. The van der Waals surface area contributed by atoms with Crippen LogP contribution >= 0.6 is 31.3 Å². The van der Waals surface area contributed by atoms with Gasteiger partial charge in [-0.1, -0.05) is 12.1 Å². The number of aliphatic imine (C=N–C) groups is 1. The van der Waals surface area contributed by atoms with Gasteiger partial charge in [0, 0.05) is 29.7 Å². The average molecular weight is 597 g/mol. The number of benzene rings is 2. The van der Waals surface area contributed by atoms with Gasteiger partial charge in [0.15, 0.2) is 0 Å². The van der Waals surface area contributed by atoms with Crippen LogP contribution in [-0.4, -0.2) is 79.8 Å². The molecule has 0 saturated carbocycles. The number of morpholine rings is 2. The third-order valence-corrected chi connectivity index (χ3v) is 7.17. The molecule has 0 radical (unpaired) electrons. The third-order valence-electron chi connectivity index (χ3n) is 6.25. The molecule has 3 aliphatic rings. The van der Waals surface area contributed by atoms with Crippen LogP contribution in [0.25, 0.3) is 0 Å². The van der Waals surface area contributed by atoms with Gasteiger partial charge >= 0.3 is 20.4 Å². The Morgan fingerprint density at radius 3 is 2.26 bits per heavy atom. The lowest BCUT2D eigenvalue weighted by molar-refractivity contribution is -0.602. The molecule has 178 valence electrons. The molecular formula is C23H24FIN4O4P+. The van der Waals surface area contributed by atoms with Crippen LogP contribution < -0.4 is 4.99 Å². The van der Waals surface area contributed by atoms with E-state index < -0.39 is 14.5 Å². The quantitative estimate of drug-likeness (QED) is 0.429. The number of ether oxygens (including phenoxy) is 2. The molecule has 3 heterocycles. The Morgan fingerprint density at radius 2 is 1.65 bits per heavy atom. The Bertz CT molecular complexity index is 1120. The summed E-state index contributed by atoms with van der Waals surface area (Å²) in [6.07, 6.45) is 0. The van der Waals surface area contributed by atoms with E-state index in [0.717, 1.165) is 9.13 Å². The number of hydrogen-bond donors (Lipinski definition) is 1. The van der Waals surface area contributed by atoms with E-state index in [2.05, 4.69) is 37.4 Å². The fourth-order valence-corrected chi connectivity index (χ4v) is 5.42. The minimum absolute atomic E-state index is 0.238. The molecule has 0 aliphatic carbocycles. The molecule has 2 saturated heterocycles. The average Bonchev–Trinajstić information content (AvgIpc) is 3.01. The molecule has 0 amide bonds. The van der Waals surface area contributed by atoms with Crippen molar-refractivity contribution < 1.29 is 27.9 Å². The van der Waals surface area contributed by atoms with E-state index in [0.29, 0.717) is 69.6 Å². The van der Waals surface area contributed by atoms with Crippen LogP contribution in [0.2, 0.25) is 0 Å². The predicted molar refractivity (Wildman–Crippen MR) is 133 cm³/mol. The van der Waals surface area contributed by atoms with Gasteiger partial charge in [-0.3, -0.25) is 0 Å². The first-order chi connectivity index (χ1) is 16.6. The molecule has 8 nitrogen and oxygen atoms in total. The molecule has 11 heteroatoms. The molecular weight excluding hydrogens is 573 g/mol. The van der Waals surface area contributed by atoms with Crippen LogP contribution in [-0.2, 0) is 18.6 Å². The van der Waals surface area contributed by atoms with Gasteiger partial charge in [0.05, 0.1) is 43.2 Å². The zero-order chi connectivity index (χ0) is 23.5. The summed E-state index contributed by atoms with van der Waals surface area (Å²) < 4.78 is 45.0. The van der Waals surface area contributed by atoms with E-state index in [1.807, 2.05) is 24.3 Å². The Hall–Kier alpha value is -1.82. The zero-order valence-electron chi connectivity index (χ0n) is 18.4. The maximum absolute atomic E-state index is 15.2. The largest absolute Gasteiger partial charge is 0.397 e. The maximum atomic E-state index is 15.2. The van der Waals surface area contributed by atoms with E-state index >= 15 is 4.39 Å². The van der Waals surface area contributed by atoms with Crippen LogP contribution in [0.5, 0.6) is 0 Å². The monoisotopic (exact) mass is 597 g/mol. The Labute approximate surface area is 212 Å². The SMILES string of the molecule is O=POC1=Nc2ccc(I)cc2C(c2ccccc2F)=[NH+]C1(N1CCOCC1)N1CCOCC1. The number of hydrogen-bond acceptors (Lipinski definition) is 7. The van der Waals surface area contributed by atoms with Crippen molar-refractivity contribution >= 4 is 48.6 Å².